The molecule has 0 amide bonds. The second kappa shape index (κ2) is 3.80. The first kappa shape index (κ1) is 9.21. The second-order valence-electron chi connectivity index (χ2n) is 3.45. The third kappa shape index (κ3) is 1.51. The van der Waals surface area contributed by atoms with Crippen molar-refractivity contribution in [2.24, 2.45) is 5.73 Å². The van der Waals surface area contributed by atoms with E-state index in [0.717, 1.165) is 24.1 Å². The molecule has 2 aromatic rings. The monoisotopic (exact) mass is 189 g/mol. The standard InChI is InChI=1S/C11H15N3/c1-2-8-3-4-10-9(7-8)11(5-6-12)14-13-10/h3-4,7H,2,5-6,12H2,1H3,(H,13,14). The number of hydrogen-bond acceptors (Lipinski definition) is 2. The lowest BCUT2D eigenvalue weighted by Gasteiger charge is -1.98. The molecule has 0 aliphatic carbocycles. The van der Waals surface area contributed by atoms with Crippen LogP contribution in [-0.2, 0) is 12.8 Å². The predicted octanol–water partition coefficient (Wildman–Crippen LogP) is 1.63. The van der Waals surface area contributed by atoms with Gasteiger partial charge in [-0.05, 0) is 30.7 Å². The number of aromatic nitrogens is 2. The Morgan fingerprint density at radius 3 is 3.00 bits per heavy atom. The van der Waals surface area contributed by atoms with Gasteiger partial charge in [0.05, 0.1) is 5.52 Å². The summed E-state index contributed by atoms with van der Waals surface area (Å²) in [6.45, 7) is 2.82. The first-order valence-electron chi connectivity index (χ1n) is 5.01. The molecule has 3 heteroatoms. The third-order valence-electron chi connectivity index (χ3n) is 2.50. The van der Waals surface area contributed by atoms with Crippen LogP contribution in [0.25, 0.3) is 10.9 Å². The Kier molecular flexibility index (Phi) is 2.50. The molecule has 14 heavy (non-hydrogen) atoms. The largest absolute Gasteiger partial charge is 0.330 e. The molecule has 0 spiro atoms. The van der Waals surface area contributed by atoms with Gasteiger partial charge in [0, 0.05) is 17.5 Å². The van der Waals surface area contributed by atoms with Crippen LogP contribution in [0.4, 0.5) is 0 Å². The van der Waals surface area contributed by atoms with Crippen molar-refractivity contribution in [3.8, 4) is 0 Å². The molecule has 0 unspecified atom stereocenters. The van der Waals surface area contributed by atoms with Crippen molar-refractivity contribution >= 4 is 10.9 Å². The first-order valence-corrected chi connectivity index (χ1v) is 5.01. The van der Waals surface area contributed by atoms with Crippen LogP contribution in [0, 0.1) is 0 Å². The number of nitrogens with zero attached hydrogens (tertiary/aromatic N) is 1. The fourth-order valence-electron chi connectivity index (χ4n) is 1.67. The van der Waals surface area contributed by atoms with Crippen molar-refractivity contribution in [3.05, 3.63) is 29.5 Å². The Morgan fingerprint density at radius 1 is 1.43 bits per heavy atom. The van der Waals surface area contributed by atoms with Crippen LogP contribution in [0.2, 0.25) is 0 Å². The summed E-state index contributed by atoms with van der Waals surface area (Å²) in [5.41, 5.74) is 9.06. The van der Waals surface area contributed by atoms with Gasteiger partial charge in [-0.3, -0.25) is 5.10 Å². The Labute approximate surface area is 83.3 Å². The lowest BCUT2D eigenvalue weighted by Crippen LogP contribution is -2.03. The maximum Gasteiger partial charge on any atom is 0.0923 e. The van der Waals surface area contributed by atoms with E-state index in [1.165, 1.54) is 10.9 Å². The number of nitrogens with one attached hydrogen (secondary N) is 1. The molecule has 1 heterocycles. The molecular weight excluding hydrogens is 174 g/mol. The van der Waals surface area contributed by atoms with Crippen LogP contribution >= 0.6 is 0 Å². The molecule has 74 valence electrons. The minimum atomic E-state index is 0.660. The van der Waals surface area contributed by atoms with E-state index in [4.69, 9.17) is 5.73 Å². The molecule has 1 aromatic heterocycles. The molecule has 0 atom stereocenters. The molecule has 0 radical (unpaired) electrons. The van der Waals surface area contributed by atoms with Crippen molar-refractivity contribution in [1.82, 2.24) is 10.2 Å². The molecule has 2 rings (SSSR count). The summed E-state index contributed by atoms with van der Waals surface area (Å²) in [5, 5.41) is 8.49. The van der Waals surface area contributed by atoms with Gasteiger partial charge in [-0.1, -0.05) is 13.0 Å². The van der Waals surface area contributed by atoms with Crippen LogP contribution < -0.4 is 5.73 Å². The van der Waals surface area contributed by atoms with Gasteiger partial charge >= 0.3 is 0 Å². The number of nitrogens with two attached hydrogens (primary N) is 1. The fourth-order valence-corrected chi connectivity index (χ4v) is 1.67. The lowest BCUT2D eigenvalue weighted by atomic mass is 10.1. The van der Waals surface area contributed by atoms with E-state index in [0.29, 0.717) is 6.54 Å². The minimum Gasteiger partial charge on any atom is -0.330 e. The quantitative estimate of drug-likeness (QED) is 0.771. The molecule has 3 N–H and O–H groups in total. The zero-order chi connectivity index (χ0) is 9.97. The molecule has 0 aliphatic rings. The molecule has 0 bridgehead atoms. The van der Waals surface area contributed by atoms with Gasteiger partial charge < -0.3 is 5.73 Å². The Bertz CT molecular complexity index is 431. The highest BCUT2D eigenvalue weighted by Gasteiger charge is 2.04. The van der Waals surface area contributed by atoms with Crippen LogP contribution in [0.5, 0.6) is 0 Å². The average molecular weight is 189 g/mol. The number of rotatable bonds is 3. The number of benzene rings is 1. The van der Waals surface area contributed by atoms with Crippen molar-refractivity contribution < 1.29 is 0 Å². The molecule has 0 fully saturated rings. The number of hydrogen-bond donors (Lipinski definition) is 2. The highest BCUT2D eigenvalue weighted by Crippen LogP contribution is 2.18. The SMILES string of the molecule is CCc1ccc2n[nH]c(CCN)c2c1. The average Bonchev–Trinajstić information content (AvgIpc) is 2.61. The van der Waals surface area contributed by atoms with E-state index < -0.39 is 0 Å². The number of fused-ring (bicyclic) bond motifs is 1. The number of aromatic amines is 1. The van der Waals surface area contributed by atoms with Gasteiger partial charge in [-0.15, -0.1) is 0 Å². The van der Waals surface area contributed by atoms with Gasteiger partial charge in [0.25, 0.3) is 0 Å². The van der Waals surface area contributed by atoms with E-state index >= 15 is 0 Å². The molecule has 0 saturated heterocycles. The lowest BCUT2D eigenvalue weighted by molar-refractivity contribution is 0.909. The summed E-state index contributed by atoms with van der Waals surface area (Å²) < 4.78 is 0. The molecular formula is C11H15N3. The molecule has 0 aliphatic heterocycles. The highest BCUT2D eigenvalue weighted by atomic mass is 15.1. The predicted molar refractivity (Wildman–Crippen MR) is 58.2 cm³/mol. The second-order valence-corrected chi connectivity index (χ2v) is 3.45. The van der Waals surface area contributed by atoms with E-state index in [9.17, 15) is 0 Å². The maximum atomic E-state index is 5.53. The fraction of sp³-hybridized carbons (Fsp3) is 0.364. The van der Waals surface area contributed by atoms with Crippen LogP contribution in [-0.4, -0.2) is 16.7 Å². The highest BCUT2D eigenvalue weighted by molar-refractivity contribution is 5.82. The van der Waals surface area contributed by atoms with Crippen LogP contribution in [0.1, 0.15) is 18.2 Å². The van der Waals surface area contributed by atoms with Gasteiger partial charge in [0.1, 0.15) is 0 Å². The van der Waals surface area contributed by atoms with Crippen molar-refractivity contribution in [2.75, 3.05) is 6.54 Å². The number of H-pyrrole nitrogens is 1. The zero-order valence-corrected chi connectivity index (χ0v) is 8.38. The maximum absolute atomic E-state index is 5.53. The number of aryl methyl sites for hydroxylation is 1. The van der Waals surface area contributed by atoms with E-state index in [2.05, 4.69) is 35.3 Å². The van der Waals surface area contributed by atoms with Gasteiger partial charge in [0.2, 0.25) is 0 Å². The van der Waals surface area contributed by atoms with Crippen molar-refractivity contribution in [3.63, 3.8) is 0 Å². The Balaban J connectivity index is 2.52. The van der Waals surface area contributed by atoms with Crippen LogP contribution in [0.15, 0.2) is 18.2 Å². The molecule has 1 aromatic carbocycles. The first-order chi connectivity index (χ1) is 6.85. The van der Waals surface area contributed by atoms with E-state index in [1.54, 1.807) is 0 Å². The van der Waals surface area contributed by atoms with E-state index in [1.807, 2.05) is 0 Å². The zero-order valence-electron chi connectivity index (χ0n) is 8.38. The summed E-state index contributed by atoms with van der Waals surface area (Å²) in [5.74, 6) is 0. The van der Waals surface area contributed by atoms with Gasteiger partial charge in [0.15, 0.2) is 0 Å². The minimum absolute atomic E-state index is 0.660. The molecule has 3 nitrogen and oxygen atoms in total. The summed E-state index contributed by atoms with van der Waals surface area (Å²) in [7, 11) is 0. The van der Waals surface area contributed by atoms with Crippen LogP contribution in [0.3, 0.4) is 0 Å². The molecule has 0 saturated carbocycles. The summed E-state index contributed by atoms with van der Waals surface area (Å²) in [6, 6.07) is 6.38. The van der Waals surface area contributed by atoms with Crippen molar-refractivity contribution in [2.45, 2.75) is 19.8 Å². The third-order valence-corrected chi connectivity index (χ3v) is 2.50. The summed E-state index contributed by atoms with van der Waals surface area (Å²) in [6.07, 6.45) is 1.92. The van der Waals surface area contributed by atoms with Gasteiger partial charge in [-0.2, -0.15) is 5.10 Å². The smallest absolute Gasteiger partial charge is 0.0923 e. The summed E-state index contributed by atoms with van der Waals surface area (Å²) in [4.78, 5) is 0. The Morgan fingerprint density at radius 2 is 2.29 bits per heavy atom. The van der Waals surface area contributed by atoms with E-state index in [-0.39, 0.29) is 0 Å². The Hall–Kier alpha value is -1.35. The summed E-state index contributed by atoms with van der Waals surface area (Å²) >= 11 is 0. The topological polar surface area (TPSA) is 54.7 Å². The normalized spacial score (nSPS) is 11.0. The van der Waals surface area contributed by atoms with Crippen molar-refractivity contribution in [1.29, 1.82) is 0 Å². The van der Waals surface area contributed by atoms with Gasteiger partial charge in [-0.25, -0.2) is 0 Å².